The maximum Gasteiger partial charge on any atom is 0.323 e. The average molecular weight is 389 g/mol. The van der Waals surface area contributed by atoms with Crippen molar-refractivity contribution in [3.8, 4) is 0 Å². The largest absolute Gasteiger partial charge is 0.480 e. The van der Waals surface area contributed by atoms with Crippen molar-refractivity contribution >= 4 is 39.8 Å². The zero-order valence-electron chi connectivity index (χ0n) is 12.3. The third-order valence-electron chi connectivity index (χ3n) is 2.57. The Kier molecular flexibility index (Phi) is 9.79. The van der Waals surface area contributed by atoms with E-state index in [1.807, 2.05) is 5.43 Å². The fourth-order valence-electron chi connectivity index (χ4n) is 1.33. The second kappa shape index (κ2) is 10.4. The number of nitrogens with two attached hydrogens (primary N) is 1. The minimum absolute atomic E-state index is 0.0163. The number of carboxylic acids is 3. The Balaban J connectivity index is 4.44. The third kappa shape index (κ3) is 10.3. The number of aliphatic carboxylic acids is 3. The van der Waals surface area contributed by atoms with E-state index in [-0.39, 0.29) is 17.9 Å². The Morgan fingerprint density at radius 2 is 1.50 bits per heavy atom. The van der Waals surface area contributed by atoms with Gasteiger partial charge in [-0.3, -0.25) is 18.9 Å². The Morgan fingerprint density at radius 1 is 1.00 bits per heavy atom. The summed E-state index contributed by atoms with van der Waals surface area (Å²) in [5.74, 6) is -5.00. The Bertz CT molecular complexity index is 554. The highest BCUT2D eigenvalue weighted by Gasteiger charge is 2.26. The summed E-state index contributed by atoms with van der Waals surface area (Å²) in [5, 5.41) is 26.4. The highest BCUT2D eigenvalue weighted by Crippen LogP contribution is 2.07. The maximum atomic E-state index is 11.1. The summed E-state index contributed by atoms with van der Waals surface area (Å²) < 4.78 is 30.0. The highest BCUT2D eigenvalue weighted by molar-refractivity contribution is 7.99. The molecule has 0 rings (SSSR count). The van der Waals surface area contributed by atoms with E-state index in [9.17, 15) is 22.8 Å². The van der Waals surface area contributed by atoms with E-state index in [0.717, 1.165) is 11.8 Å². The summed E-state index contributed by atoms with van der Waals surface area (Å²) >= 11 is 1.10. The standard InChI is InChI=1S/C10H19N3O9S2/c11-5(8(14)15)3-23-2-1-6(9(16)17)12-13-7(10(18)19)4-24(20,21)22/h5-7,12-13H,1-4,11H2,(H,14,15)(H,16,17)(H,18,19)(H,20,21,22)/t5-,6-,7-/m0/s1. The van der Waals surface area contributed by atoms with Gasteiger partial charge in [-0.05, 0) is 12.2 Å². The van der Waals surface area contributed by atoms with Gasteiger partial charge in [-0.15, -0.1) is 0 Å². The zero-order chi connectivity index (χ0) is 18.9. The first-order chi connectivity index (χ1) is 10.9. The molecule has 0 aromatic heterocycles. The van der Waals surface area contributed by atoms with Crippen LogP contribution < -0.4 is 16.6 Å². The summed E-state index contributed by atoms with van der Waals surface area (Å²) in [5.41, 5.74) is 9.47. The molecule has 0 radical (unpaired) electrons. The van der Waals surface area contributed by atoms with Crippen molar-refractivity contribution < 1.29 is 42.7 Å². The molecule has 3 atom stereocenters. The fourth-order valence-corrected chi connectivity index (χ4v) is 2.94. The number of carboxylic acid groups (broad SMARTS) is 3. The van der Waals surface area contributed by atoms with Crippen LogP contribution >= 0.6 is 11.8 Å². The van der Waals surface area contributed by atoms with Crippen molar-refractivity contribution in [2.75, 3.05) is 17.3 Å². The van der Waals surface area contributed by atoms with E-state index >= 15 is 0 Å². The number of hydrogen-bond acceptors (Lipinski definition) is 9. The predicted octanol–water partition coefficient (Wildman–Crippen LogP) is -2.59. The molecule has 24 heavy (non-hydrogen) atoms. The summed E-state index contributed by atoms with van der Waals surface area (Å²) in [7, 11) is -4.58. The van der Waals surface area contributed by atoms with Gasteiger partial charge in [0.15, 0.2) is 0 Å². The van der Waals surface area contributed by atoms with E-state index in [1.54, 1.807) is 0 Å². The smallest absolute Gasteiger partial charge is 0.323 e. The van der Waals surface area contributed by atoms with Crippen LogP contribution in [0.1, 0.15) is 6.42 Å². The molecule has 0 aromatic carbocycles. The molecule has 0 aliphatic heterocycles. The predicted molar refractivity (Wildman–Crippen MR) is 83.1 cm³/mol. The van der Waals surface area contributed by atoms with E-state index < -0.39 is 51.9 Å². The van der Waals surface area contributed by atoms with Crippen molar-refractivity contribution in [3.05, 3.63) is 0 Å². The highest BCUT2D eigenvalue weighted by atomic mass is 32.2. The van der Waals surface area contributed by atoms with Crippen LogP contribution in [0.15, 0.2) is 0 Å². The van der Waals surface area contributed by atoms with Crippen molar-refractivity contribution in [2.45, 2.75) is 24.5 Å². The molecule has 14 heteroatoms. The fraction of sp³-hybridized carbons (Fsp3) is 0.700. The first-order valence-electron chi connectivity index (χ1n) is 6.42. The molecule has 12 nitrogen and oxygen atoms in total. The topological polar surface area (TPSA) is 216 Å². The normalized spacial score (nSPS) is 15.4. The summed E-state index contributed by atoms with van der Waals surface area (Å²) in [6, 6.07) is -4.10. The molecule has 0 heterocycles. The van der Waals surface area contributed by atoms with Crippen molar-refractivity contribution in [3.63, 3.8) is 0 Å². The molecule has 0 unspecified atom stereocenters. The summed E-state index contributed by atoms with van der Waals surface area (Å²) in [6.07, 6.45) is -0.0163. The van der Waals surface area contributed by atoms with Crippen LogP contribution in [0.4, 0.5) is 0 Å². The van der Waals surface area contributed by atoms with Gasteiger partial charge in [-0.2, -0.15) is 20.2 Å². The van der Waals surface area contributed by atoms with E-state index in [0.29, 0.717) is 0 Å². The third-order valence-corrected chi connectivity index (χ3v) is 4.44. The molecule has 140 valence electrons. The van der Waals surface area contributed by atoms with E-state index in [1.165, 1.54) is 0 Å². The first-order valence-corrected chi connectivity index (χ1v) is 9.18. The van der Waals surface area contributed by atoms with Crippen molar-refractivity contribution in [1.82, 2.24) is 10.9 Å². The number of hydrogen-bond donors (Lipinski definition) is 7. The molecule has 0 saturated heterocycles. The Labute approximate surface area is 141 Å². The van der Waals surface area contributed by atoms with Gasteiger partial charge in [0.2, 0.25) is 0 Å². The van der Waals surface area contributed by atoms with Gasteiger partial charge in [0.05, 0.1) is 0 Å². The lowest BCUT2D eigenvalue weighted by Crippen LogP contribution is -2.54. The van der Waals surface area contributed by atoms with Crippen molar-refractivity contribution in [2.24, 2.45) is 5.73 Å². The molecule has 0 spiro atoms. The minimum Gasteiger partial charge on any atom is -0.480 e. The molecular weight excluding hydrogens is 370 g/mol. The van der Waals surface area contributed by atoms with Crippen LogP contribution in [0.2, 0.25) is 0 Å². The number of hydrazine groups is 1. The van der Waals surface area contributed by atoms with Gasteiger partial charge in [-0.25, -0.2) is 10.9 Å². The second-order valence-corrected chi connectivity index (χ2v) is 7.27. The quantitative estimate of drug-likeness (QED) is 0.0978. The lowest BCUT2D eigenvalue weighted by Gasteiger charge is -2.19. The molecule has 0 amide bonds. The van der Waals surface area contributed by atoms with E-state index in [4.69, 9.17) is 25.6 Å². The number of rotatable bonds is 13. The van der Waals surface area contributed by atoms with Gasteiger partial charge in [0, 0.05) is 5.75 Å². The van der Waals surface area contributed by atoms with Crippen LogP contribution in [0.25, 0.3) is 0 Å². The molecular formula is C10H19N3O9S2. The minimum atomic E-state index is -4.58. The van der Waals surface area contributed by atoms with Crippen LogP contribution in [0.5, 0.6) is 0 Å². The molecule has 0 aromatic rings. The van der Waals surface area contributed by atoms with Gasteiger partial charge in [0.25, 0.3) is 10.1 Å². The zero-order valence-corrected chi connectivity index (χ0v) is 13.9. The summed E-state index contributed by atoms with van der Waals surface area (Å²) in [4.78, 5) is 32.4. The Morgan fingerprint density at radius 3 is 1.92 bits per heavy atom. The number of nitrogens with one attached hydrogen (secondary N) is 2. The number of carbonyl (C=O) groups is 3. The van der Waals surface area contributed by atoms with Crippen LogP contribution in [0, 0.1) is 0 Å². The van der Waals surface area contributed by atoms with Crippen LogP contribution in [-0.2, 0) is 24.5 Å². The monoisotopic (exact) mass is 389 g/mol. The van der Waals surface area contributed by atoms with Crippen LogP contribution in [0.3, 0.4) is 0 Å². The molecule has 0 aliphatic rings. The molecule has 8 N–H and O–H groups in total. The van der Waals surface area contributed by atoms with Gasteiger partial charge in [0.1, 0.15) is 23.9 Å². The molecule has 0 bridgehead atoms. The Hall–Kier alpha value is -1.45. The van der Waals surface area contributed by atoms with Gasteiger partial charge in [-0.1, -0.05) is 0 Å². The lowest BCUT2D eigenvalue weighted by molar-refractivity contribution is -0.142. The molecule has 0 fully saturated rings. The molecule has 0 aliphatic carbocycles. The van der Waals surface area contributed by atoms with Gasteiger partial charge < -0.3 is 21.1 Å². The second-order valence-electron chi connectivity index (χ2n) is 4.63. The van der Waals surface area contributed by atoms with E-state index in [2.05, 4.69) is 5.43 Å². The number of thioether (sulfide) groups is 1. The van der Waals surface area contributed by atoms with Crippen molar-refractivity contribution in [1.29, 1.82) is 0 Å². The summed E-state index contributed by atoms with van der Waals surface area (Å²) in [6.45, 7) is 0. The molecule has 0 saturated carbocycles. The maximum absolute atomic E-state index is 11.1. The van der Waals surface area contributed by atoms with Crippen LogP contribution in [-0.4, -0.2) is 81.6 Å². The van der Waals surface area contributed by atoms with Gasteiger partial charge >= 0.3 is 17.9 Å². The first kappa shape index (κ1) is 22.6. The lowest BCUT2D eigenvalue weighted by atomic mass is 10.2. The average Bonchev–Trinajstić information content (AvgIpc) is 2.42. The SMILES string of the molecule is N[C@@H](CSCC[C@H](NN[C@@H](CS(=O)(=O)O)C(=O)O)C(=O)O)C(=O)O.